The first kappa shape index (κ1) is 13.2. The van der Waals surface area contributed by atoms with Crippen LogP contribution in [0.2, 0.25) is 0 Å². The number of ether oxygens (including phenoxy) is 1. The molecule has 0 fully saturated rings. The number of hydrogen-bond donors (Lipinski definition) is 1. The van der Waals surface area contributed by atoms with E-state index in [1.54, 1.807) is 6.20 Å². The minimum atomic E-state index is -0.386. The molecule has 0 saturated heterocycles. The fourth-order valence-corrected chi connectivity index (χ4v) is 1.23. The average Bonchev–Trinajstić information content (AvgIpc) is 2.72. The number of methoxy groups -OCH3 is 1. The number of carbonyl (C=O) groups excluding carboxylic acids is 2. The summed E-state index contributed by atoms with van der Waals surface area (Å²) in [6.07, 6.45) is 2.41. The van der Waals surface area contributed by atoms with Crippen LogP contribution in [0.5, 0.6) is 0 Å². The Hall–Kier alpha value is -1.85. The van der Waals surface area contributed by atoms with Gasteiger partial charge in [-0.05, 0) is 6.92 Å². The van der Waals surface area contributed by atoms with Gasteiger partial charge in [0.2, 0.25) is 5.91 Å². The first-order valence-electron chi connectivity index (χ1n) is 5.36. The molecule has 6 nitrogen and oxygen atoms in total. The van der Waals surface area contributed by atoms with Crippen molar-refractivity contribution < 1.29 is 18.7 Å². The number of aromatic nitrogens is 1. The molecule has 17 heavy (non-hydrogen) atoms. The predicted molar refractivity (Wildman–Crippen MR) is 59.2 cm³/mol. The summed E-state index contributed by atoms with van der Waals surface area (Å²) >= 11 is 0. The summed E-state index contributed by atoms with van der Waals surface area (Å²) in [6, 6.07) is 0. The summed E-state index contributed by atoms with van der Waals surface area (Å²) in [4.78, 5) is 26.1. The molecule has 0 atom stereocenters. The van der Waals surface area contributed by atoms with Gasteiger partial charge >= 0.3 is 5.97 Å². The Balaban J connectivity index is 2.14. The highest BCUT2D eigenvalue weighted by molar-refractivity contribution is 5.81. The summed E-state index contributed by atoms with van der Waals surface area (Å²) in [7, 11) is 1.30. The first-order chi connectivity index (χ1) is 8.11. The first-order valence-corrected chi connectivity index (χ1v) is 5.36. The number of oxazole rings is 1. The molecule has 0 unspecified atom stereocenters. The van der Waals surface area contributed by atoms with Crippen LogP contribution in [0.1, 0.15) is 24.5 Å². The zero-order valence-electron chi connectivity index (χ0n) is 9.99. The molecule has 0 radical (unpaired) electrons. The van der Waals surface area contributed by atoms with Crippen molar-refractivity contribution in [3.05, 3.63) is 17.8 Å². The van der Waals surface area contributed by atoms with Crippen molar-refractivity contribution in [3.8, 4) is 0 Å². The highest BCUT2D eigenvalue weighted by atomic mass is 16.5. The van der Waals surface area contributed by atoms with Crippen molar-refractivity contribution >= 4 is 11.9 Å². The van der Waals surface area contributed by atoms with Gasteiger partial charge in [-0.1, -0.05) is 0 Å². The number of esters is 1. The van der Waals surface area contributed by atoms with E-state index >= 15 is 0 Å². The molecular weight excluding hydrogens is 224 g/mol. The number of aryl methyl sites for hydroxylation is 1. The number of nitrogens with zero attached hydrogens (tertiary/aromatic N) is 1. The lowest BCUT2D eigenvalue weighted by molar-refractivity contribution is -0.142. The van der Waals surface area contributed by atoms with Gasteiger partial charge in [0, 0.05) is 19.4 Å². The van der Waals surface area contributed by atoms with Crippen LogP contribution in [0.25, 0.3) is 0 Å². The Bertz CT molecular complexity index is 387. The third kappa shape index (κ3) is 5.14. The summed E-state index contributed by atoms with van der Waals surface area (Å²) in [5.74, 6) is 0.773. The second kappa shape index (κ2) is 6.67. The Labute approximate surface area is 99.4 Å². The van der Waals surface area contributed by atoms with Crippen LogP contribution < -0.4 is 5.32 Å². The number of amides is 1. The topological polar surface area (TPSA) is 81.4 Å². The number of nitrogens with one attached hydrogen (secondary N) is 1. The largest absolute Gasteiger partial charge is 0.469 e. The lowest BCUT2D eigenvalue weighted by atomic mass is 10.3. The Morgan fingerprint density at radius 3 is 2.82 bits per heavy atom. The Kier molecular flexibility index (Phi) is 5.19. The minimum Gasteiger partial charge on any atom is -0.469 e. The highest BCUT2D eigenvalue weighted by Crippen LogP contribution is 2.01. The third-order valence-electron chi connectivity index (χ3n) is 2.11. The highest BCUT2D eigenvalue weighted by Gasteiger charge is 2.07. The predicted octanol–water partition coefficient (Wildman–Crippen LogP) is 0.595. The van der Waals surface area contributed by atoms with Crippen LogP contribution in [0.3, 0.4) is 0 Å². The molecule has 1 aromatic rings. The van der Waals surface area contributed by atoms with E-state index in [0.717, 1.165) is 5.76 Å². The van der Waals surface area contributed by atoms with E-state index in [2.05, 4.69) is 15.0 Å². The Morgan fingerprint density at radius 1 is 1.47 bits per heavy atom. The van der Waals surface area contributed by atoms with Crippen molar-refractivity contribution in [2.75, 3.05) is 13.7 Å². The molecule has 0 bridgehead atoms. The molecule has 0 aliphatic carbocycles. The fourth-order valence-electron chi connectivity index (χ4n) is 1.23. The van der Waals surface area contributed by atoms with Gasteiger partial charge < -0.3 is 14.5 Å². The molecule has 0 aliphatic heterocycles. The van der Waals surface area contributed by atoms with E-state index in [-0.39, 0.29) is 24.7 Å². The van der Waals surface area contributed by atoms with Gasteiger partial charge in [0.1, 0.15) is 5.76 Å². The average molecular weight is 240 g/mol. The van der Waals surface area contributed by atoms with Crippen LogP contribution in [-0.4, -0.2) is 30.5 Å². The van der Waals surface area contributed by atoms with E-state index in [4.69, 9.17) is 4.42 Å². The van der Waals surface area contributed by atoms with Crippen molar-refractivity contribution in [1.82, 2.24) is 10.3 Å². The van der Waals surface area contributed by atoms with Gasteiger partial charge in [-0.15, -0.1) is 0 Å². The third-order valence-corrected chi connectivity index (χ3v) is 2.11. The van der Waals surface area contributed by atoms with Crippen molar-refractivity contribution in [2.24, 2.45) is 0 Å². The summed E-state index contributed by atoms with van der Waals surface area (Å²) in [6.45, 7) is 2.26. The molecule has 1 rings (SSSR count). The van der Waals surface area contributed by atoms with Crippen LogP contribution >= 0.6 is 0 Å². The van der Waals surface area contributed by atoms with Crippen LogP contribution in [-0.2, 0) is 20.7 Å². The van der Waals surface area contributed by atoms with E-state index in [1.165, 1.54) is 7.11 Å². The lowest BCUT2D eigenvalue weighted by Gasteiger charge is -2.02. The van der Waals surface area contributed by atoms with Crippen LogP contribution in [0.4, 0.5) is 0 Å². The molecule has 1 aromatic heterocycles. The second-order valence-corrected chi connectivity index (χ2v) is 3.54. The number of rotatable bonds is 6. The summed E-state index contributed by atoms with van der Waals surface area (Å²) in [5.41, 5.74) is 0. The quantitative estimate of drug-likeness (QED) is 0.736. The molecule has 1 heterocycles. The second-order valence-electron chi connectivity index (χ2n) is 3.54. The smallest absolute Gasteiger partial charge is 0.306 e. The van der Waals surface area contributed by atoms with E-state index in [1.807, 2.05) is 6.92 Å². The summed E-state index contributed by atoms with van der Waals surface area (Å²) in [5, 5.41) is 2.67. The maximum Gasteiger partial charge on any atom is 0.306 e. The monoisotopic (exact) mass is 240 g/mol. The van der Waals surface area contributed by atoms with Crippen LogP contribution in [0, 0.1) is 6.92 Å². The molecule has 0 spiro atoms. The summed E-state index contributed by atoms with van der Waals surface area (Å²) < 4.78 is 9.68. The maximum atomic E-state index is 11.3. The van der Waals surface area contributed by atoms with Gasteiger partial charge in [0.05, 0.1) is 19.7 Å². The van der Waals surface area contributed by atoms with E-state index in [0.29, 0.717) is 18.9 Å². The molecular formula is C11H16N2O4. The zero-order valence-corrected chi connectivity index (χ0v) is 9.99. The zero-order chi connectivity index (χ0) is 12.7. The number of carbonyl (C=O) groups is 2. The molecule has 1 N–H and O–H groups in total. The van der Waals surface area contributed by atoms with Crippen molar-refractivity contribution in [3.63, 3.8) is 0 Å². The van der Waals surface area contributed by atoms with Gasteiger partial charge in [0.15, 0.2) is 5.89 Å². The minimum absolute atomic E-state index is 0.0977. The lowest BCUT2D eigenvalue weighted by Crippen LogP contribution is -2.26. The van der Waals surface area contributed by atoms with Gasteiger partial charge in [-0.3, -0.25) is 9.59 Å². The molecule has 6 heteroatoms. The van der Waals surface area contributed by atoms with Gasteiger partial charge in [0.25, 0.3) is 0 Å². The molecule has 0 saturated carbocycles. The van der Waals surface area contributed by atoms with Gasteiger partial charge in [-0.2, -0.15) is 0 Å². The van der Waals surface area contributed by atoms with Crippen LogP contribution in [0.15, 0.2) is 10.6 Å². The molecule has 0 aliphatic rings. The normalized spacial score (nSPS) is 10.0. The SMILES string of the molecule is COC(=O)CCC(=O)NCCc1ncc(C)o1. The Morgan fingerprint density at radius 2 is 2.24 bits per heavy atom. The fraction of sp³-hybridized carbons (Fsp3) is 0.545. The number of hydrogen-bond acceptors (Lipinski definition) is 5. The standard InChI is InChI=1S/C11H16N2O4/c1-8-7-13-10(17-8)5-6-12-9(14)3-4-11(15)16-2/h7H,3-6H2,1-2H3,(H,12,14). The van der Waals surface area contributed by atoms with Crippen molar-refractivity contribution in [2.45, 2.75) is 26.2 Å². The van der Waals surface area contributed by atoms with E-state index in [9.17, 15) is 9.59 Å². The van der Waals surface area contributed by atoms with Gasteiger partial charge in [-0.25, -0.2) is 4.98 Å². The van der Waals surface area contributed by atoms with Crippen molar-refractivity contribution in [1.29, 1.82) is 0 Å². The maximum absolute atomic E-state index is 11.3. The molecule has 0 aromatic carbocycles. The van der Waals surface area contributed by atoms with E-state index < -0.39 is 0 Å². The molecule has 1 amide bonds. The molecule has 94 valence electrons.